The van der Waals surface area contributed by atoms with Crippen LogP contribution >= 0.6 is 0 Å². The molecule has 0 saturated carbocycles. The molecule has 0 aromatic heterocycles. The molecular formula is C17H25FN2O. The topological polar surface area (TPSA) is 26.7 Å². The average molecular weight is 292 g/mol. The van der Waals surface area contributed by atoms with E-state index in [2.05, 4.69) is 49.6 Å². The Kier molecular flexibility index (Phi) is 7.38. The Labute approximate surface area is 127 Å². The van der Waals surface area contributed by atoms with Gasteiger partial charge < -0.3 is 10.0 Å². The maximum Gasteiger partial charge on any atom is 0.124 e. The van der Waals surface area contributed by atoms with Crippen LogP contribution in [0.2, 0.25) is 0 Å². The number of rotatable bonds is 6. The molecule has 0 bridgehead atoms. The van der Waals surface area contributed by atoms with Gasteiger partial charge in [0.25, 0.3) is 0 Å². The van der Waals surface area contributed by atoms with E-state index in [0.717, 1.165) is 25.2 Å². The number of hydrogen-bond donors (Lipinski definition) is 1. The van der Waals surface area contributed by atoms with Crippen molar-refractivity contribution >= 4 is 0 Å². The average Bonchev–Trinajstić information content (AvgIpc) is 2.43. The van der Waals surface area contributed by atoms with E-state index in [-0.39, 0.29) is 12.4 Å². The molecular weight excluding hydrogens is 267 g/mol. The summed E-state index contributed by atoms with van der Waals surface area (Å²) in [5, 5.41) is 8.82. The molecule has 1 atom stereocenters. The van der Waals surface area contributed by atoms with Gasteiger partial charge in [0.15, 0.2) is 0 Å². The molecule has 0 amide bonds. The van der Waals surface area contributed by atoms with E-state index in [4.69, 9.17) is 5.11 Å². The van der Waals surface area contributed by atoms with Crippen LogP contribution in [-0.4, -0.2) is 54.7 Å². The highest BCUT2D eigenvalue weighted by atomic mass is 19.1. The predicted molar refractivity (Wildman–Crippen MR) is 84.5 cm³/mol. The van der Waals surface area contributed by atoms with Crippen molar-refractivity contribution in [3.63, 3.8) is 0 Å². The van der Waals surface area contributed by atoms with Crippen LogP contribution < -0.4 is 0 Å². The number of likely N-dealkylation sites (N-methyl/N-ethyl adjacent to an activating group) is 2. The summed E-state index contributed by atoms with van der Waals surface area (Å²) in [7, 11) is 4.11. The maximum absolute atomic E-state index is 13.4. The molecule has 1 aromatic carbocycles. The van der Waals surface area contributed by atoms with E-state index in [1.54, 1.807) is 6.07 Å². The van der Waals surface area contributed by atoms with Crippen molar-refractivity contribution in [2.45, 2.75) is 26.4 Å². The predicted octanol–water partition coefficient (Wildman–Crippen LogP) is 1.94. The first-order chi connectivity index (χ1) is 9.97. The number of aliphatic hydroxyl groups excluding tert-OH is 1. The van der Waals surface area contributed by atoms with Gasteiger partial charge in [-0.3, -0.25) is 4.90 Å². The molecule has 0 aliphatic heterocycles. The largest absolute Gasteiger partial charge is 0.384 e. The minimum Gasteiger partial charge on any atom is -0.384 e. The van der Waals surface area contributed by atoms with Gasteiger partial charge in [-0.1, -0.05) is 24.8 Å². The fourth-order valence-electron chi connectivity index (χ4n) is 2.38. The Bertz CT molecular complexity index is 505. The summed E-state index contributed by atoms with van der Waals surface area (Å²) in [6.45, 7) is 6.69. The standard InChI is InChI=1S/C17H25FN2O/c1-5-20(14(2)12-19(3)4)13-16-8-9-17(18)11-15(16)7-6-10-21/h8-9,11,14,21H,5,10,12-13H2,1-4H3. The Morgan fingerprint density at radius 1 is 1.33 bits per heavy atom. The Hall–Kier alpha value is -1.41. The number of halogens is 1. The monoisotopic (exact) mass is 292 g/mol. The minimum atomic E-state index is -0.301. The van der Waals surface area contributed by atoms with Crippen molar-refractivity contribution in [3.05, 3.63) is 35.1 Å². The lowest BCUT2D eigenvalue weighted by atomic mass is 10.1. The first-order valence-electron chi connectivity index (χ1n) is 7.24. The van der Waals surface area contributed by atoms with Gasteiger partial charge in [-0.25, -0.2) is 4.39 Å². The van der Waals surface area contributed by atoms with Crippen LogP contribution in [0.1, 0.15) is 25.0 Å². The molecule has 1 unspecified atom stereocenters. The summed E-state index contributed by atoms with van der Waals surface area (Å²) in [6, 6.07) is 5.07. The van der Waals surface area contributed by atoms with Crippen molar-refractivity contribution in [1.29, 1.82) is 0 Å². The Balaban J connectivity index is 2.93. The summed E-state index contributed by atoms with van der Waals surface area (Å²) in [4.78, 5) is 4.49. The highest BCUT2D eigenvalue weighted by Gasteiger charge is 2.15. The zero-order valence-electron chi connectivity index (χ0n) is 13.4. The summed E-state index contributed by atoms with van der Waals surface area (Å²) >= 11 is 0. The van der Waals surface area contributed by atoms with Crippen molar-refractivity contribution in [2.75, 3.05) is 33.8 Å². The smallest absolute Gasteiger partial charge is 0.124 e. The maximum atomic E-state index is 13.4. The van der Waals surface area contributed by atoms with Crippen molar-refractivity contribution < 1.29 is 9.50 Å². The van der Waals surface area contributed by atoms with Crippen LogP contribution in [0.25, 0.3) is 0 Å². The van der Waals surface area contributed by atoms with E-state index < -0.39 is 0 Å². The highest BCUT2D eigenvalue weighted by Crippen LogP contribution is 2.15. The molecule has 1 N–H and O–H groups in total. The molecule has 0 saturated heterocycles. The van der Waals surface area contributed by atoms with Crippen LogP contribution in [0.15, 0.2) is 18.2 Å². The van der Waals surface area contributed by atoms with Crippen LogP contribution in [0.4, 0.5) is 4.39 Å². The number of hydrogen-bond acceptors (Lipinski definition) is 3. The second-order valence-corrected chi connectivity index (χ2v) is 5.44. The van der Waals surface area contributed by atoms with Gasteiger partial charge in [-0.05, 0) is 45.3 Å². The summed E-state index contributed by atoms with van der Waals surface area (Å²) < 4.78 is 13.4. The van der Waals surface area contributed by atoms with Gasteiger partial charge in [0.2, 0.25) is 0 Å². The third kappa shape index (κ3) is 5.84. The molecule has 3 nitrogen and oxygen atoms in total. The molecule has 0 heterocycles. The van der Waals surface area contributed by atoms with Gasteiger partial charge in [0.1, 0.15) is 12.4 Å². The lowest BCUT2D eigenvalue weighted by Gasteiger charge is -2.30. The molecule has 0 aliphatic rings. The zero-order valence-corrected chi connectivity index (χ0v) is 13.4. The van der Waals surface area contributed by atoms with E-state index >= 15 is 0 Å². The van der Waals surface area contributed by atoms with E-state index in [0.29, 0.717) is 11.6 Å². The lowest BCUT2D eigenvalue weighted by Crippen LogP contribution is -2.39. The van der Waals surface area contributed by atoms with E-state index in [1.807, 2.05) is 0 Å². The van der Waals surface area contributed by atoms with Gasteiger partial charge in [0, 0.05) is 24.7 Å². The molecule has 116 valence electrons. The van der Waals surface area contributed by atoms with Crippen LogP contribution in [0.5, 0.6) is 0 Å². The van der Waals surface area contributed by atoms with Crippen LogP contribution in [0, 0.1) is 17.7 Å². The molecule has 0 fully saturated rings. The quantitative estimate of drug-likeness (QED) is 0.812. The molecule has 21 heavy (non-hydrogen) atoms. The number of aliphatic hydroxyl groups is 1. The van der Waals surface area contributed by atoms with Gasteiger partial charge in [-0.15, -0.1) is 0 Å². The fraction of sp³-hybridized carbons (Fsp3) is 0.529. The van der Waals surface area contributed by atoms with Crippen molar-refractivity contribution in [3.8, 4) is 11.8 Å². The highest BCUT2D eigenvalue weighted by molar-refractivity contribution is 5.41. The third-order valence-corrected chi connectivity index (χ3v) is 3.41. The Morgan fingerprint density at radius 2 is 2.05 bits per heavy atom. The SMILES string of the molecule is CCN(Cc1ccc(F)cc1C#CCO)C(C)CN(C)C. The van der Waals surface area contributed by atoms with Crippen molar-refractivity contribution in [1.82, 2.24) is 9.80 Å². The summed E-state index contributed by atoms with van der Waals surface area (Å²) in [6.07, 6.45) is 0. The first-order valence-corrected chi connectivity index (χ1v) is 7.24. The normalized spacial score (nSPS) is 12.4. The minimum absolute atomic E-state index is 0.218. The van der Waals surface area contributed by atoms with Gasteiger partial charge >= 0.3 is 0 Å². The fourth-order valence-corrected chi connectivity index (χ4v) is 2.38. The zero-order chi connectivity index (χ0) is 15.8. The van der Waals surface area contributed by atoms with E-state index in [9.17, 15) is 4.39 Å². The number of benzene rings is 1. The summed E-state index contributed by atoms with van der Waals surface area (Å²) in [5.74, 6) is 5.13. The third-order valence-electron chi connectivity index (χ3n) is 3.41. The lowest BCUT2D eigenvalue weighted by molar-refractivity contribution is 0.174. The van der Waals surface area contributed by atoms with Crippen LogP contribution in [0.3, 0.4) is 0 Å². The molecule has 1 aromatic rings. The first kappa shape index (κ1) is 17.6. The molecule has 0 aliphatic carbocycles. The molecule has 1 rings (SSSR count). The molecule has 0 radical (unpaired) electrons. The van der Waals surface area contributed by atoms with Gasteiger partial charge in [-0.2, -0.15) is 0 Å². The molecule has 0 spiro atoms. The van der Waals surface area contributed by atoms with E-state index in [1.165, 1.54) is 12.1 Å². The number of nitrogens with zero attached hydrogens (tertiary/aromatic N) is 2. The second-order valence-electron chi connectivity index (χ2n) is 5.44. The summed E-state index contributed by atoms with van der Waals surface area (Å²) in [5.41, 5.74) is 1.64. The van der Waals surface area contributed by atoms with Crippen molar-refractivity contribution in [2.24, 2.45) is 0 Å². The second kappa shape index (κ2) is 8.78. The Morgan fingerprint density at radius 3 is 2.62 bits per heavy atom. The molecule has 4 heteroatoms. The van der Waals surface area contributed by atoms with Crippen LogP contribution in [-0.2, 0) is 6.54 Å². The van der Waals surface area contributed by atoms with Gasteiger partial charge in [0.05, 0.1) is 0 Å².